The molecule has 0 aliphatic carbocycles. The van der Waals surface area contributed by atoms with Crippen LogP contribution in [0.2, 0.25) is 0 Å². The number of aromatic nitrogens is 6. The highest BCUT2D eigenvalue weighted by atomic mass is 16.2. The zero-order valence-corrected chi connectivity index (χ0v) is 32.3. The van der Waals surface area contributed by atoms with Crippen molar-refractivity contribution >= 4 is 11.8 Å². The molecule has 0 unspecified atom stereocenters. The predicted octanol–water partition coefficient (Wildman–Crippen LogP) is 6.86. The van der Waals surface area contributed by atoms with Crippen LogP contribution in [0.1, 0.15) is 72.6 Å². The smallest absolute Gasteiger partial charge is 0.245 e. The average Bonchev–Trinajstić information content (AvgIpc) is 4.06. The fraction of sp³-hybridized carbons (Fsp3) is 0.318. The molecule has 6 aromatic rings. The summed E-state index contributed by atoms with van der Waals surface area (Å²) in [6.07, 6.45) is 7.19. The van der Waals surface area contributed by atoms with Crippen LogP contribution in [0.3, 0.4) is 0 Å². The Balaban J connectivity index is 0.930. The molecule has 2 saturated heterocycles. The second kappa shape index (κ2) is 16.0. The van der Waals surface area contributed by atoms with Crippen LogP contribution in [0.5, 0.6) is 0 Å². The summed E-state index contributed by atoms with van der Waals surface area (Å²) in [5, 5.41) is 9.10. The maximum absolute atomic E-state index is 13.9. The Morgan fingerprint density at radius 1 is 0.589 bits per heavy atom. The van der Waals surface area contributed by atoms with Gasteiger partial charge in [-0.25, -0.2) is 9.97 Å². The predicted molar refractivity (Wildman–Crippen MR) is 216 cm³/mol. The van der Waals surface area contributed by atoms with Gasteiger partial charge in [0, 0.05) is 18.7 Å². The summed E-state index contributed by atoms with van der Waals surface area (Å²) in [5.41, 5.74) is 6.99. The minimum atomic E-state index is -0.364. The summed E-state index contributed by atoms with van der Waals surface area (Å²) >= 11 is 0. The highest BCUT2D eigenvalue weighted by Crippen LogP contribution is 2.37. The van der Waals surface area contributed by atoms with E-state index in [2.05, 4.69) is 20.2 Å². The van der Waals surface area contributed by atoms with Gasteiger partial charge in [-0.2, -0.15) is 0 Å². The number of nitrogens with one attached hydrogen (secondary N) is 2. The fourth-order valence-electron chi connectivity index (χ4n) is 8.28. The van der Waals surface area contributed by atoms with Gasteiger partial charge in [0.25, 0.3) is 0 Å². The first-order valence-corrected chi connectivity index (χ1v) is 19.3. The van der Waals surface area contributed by atoms with E-state index >= 15 is 0 Å². The molecule has 0 saturated carbocycles. The van der Waals surface area contributed by atoms with Crippen molar-refractivity contribution in [3.8, 4) is 33.9 Å². The first-order chi connectivity index (χ1) is 27.3. The Morgan fingerprint density at radius 2 is 1.04 bits per heavy atom. The van der Waals surface area contributed by atoms with Gasteiger partial charge in [-0.1, -0.05) is 84.9 Å². The SMILES string of the molecule is CN(C)[C@@H](C(=O)N1CCC[C@@H]1c1ncc(-c2ccc(-c3ccc(-c4cnc([C@H]5CCCN5C(=O)[C@@H](c5ccccc5)N(C)C)[nH]4)nn3)cc2)[nH]1)c1ccccc1. The van der Waals surface area contributed by atoms with E-state index in [9.17, 15) is 9.59 Å². The van der Waals surface area contributed by atoms with Crippen molar-refractivity contribution in [2.75, 3.05) is 41.3 Å². The highest BCUT2D eigenvalue weighted by molar-refractivity contribution is 5.84. The number of carbonyl (C=O) groups is 2. The largest absolute Gasteiger partial charge is 0.340 e. The van der Waals surface area contributed by atoms with E-state index in [-0.39, 0.29) is 36.0 Å². The van der Waals surface area contributed by atoms with Gasteiger partial charge in [-0.3, -0.25) is 19.4 Å². The molecule has 286 valence electrons. The lowest BCUT2D eigenvalue weighted by Gasteiger charge is -2.31. The first-order valence-electron chi connectivity index (χ1n) is 19.3. The van der Waals surface area contributed by atoms with Crippen molar-refractivity contribution in [1.82, 2.24) is 49.7 Å². The van der Waals surface area contributed by atoms with Gasteiger partial charge in [0.1, 0.15) is 29.4 Å². The van der Waals surface area contributed by atoms with Crippen LogP contribution in [0.4, 0.5) is 0 Å². The van der Waals surface area contributed by atoms with E-state index in [1.54, 1.807) is 6.20 Å². The van der Waals surface area contributed by atoms with Gasteiger partial charge in [0.2, 0.25) is 11.8 Å². The number of imidazole rings is 2. The second-order valence-electron chi connectivity index (χ2n) is 15.2. The number of hydrogen-bond donors (Lipinski definition) is 2. The molecule has 8 rings (SSSR count). The lowest BCUT2D eigenvalue weighted by Crippen LogP contribution is -2.40. The Kier molecular flexibility index (Phi) is 10.6. The number of likely N-dealkylation sites (tertiary alicyclic amines) is 2. The van der Waals surface area contributed by atoms with E-state index in [4.69, 9.17) is 9.97 Å². The molecule has 0 bridgehead atoms. The van der Waals surface area contributed by atoms with E-state index in [1.807, 2.05) is 151 Å². The Hall–Kier alpha value is -5.98. The average molecular weight is 749 g/mol. The Bertz CT molecular complexity index is 2090. The number of nitrogens with zero attached hydrogens (tertiary/aromatic N) is 8. The van der Waals surface area contributed by atoms with Gasteiger partial charge in [-0.15, -0.1) is 10.2 Å². The van der Waals surface area contributed by atoms with E-state index < -0.39 is 0 Å². The van der Waals surface area contributed by atoms with E-state index in [1.165, 1.54) is 0 Å². The zero-order chi connectivity index (χ0) is 38.8. The zero-order valence-electron chi connectivity index (χ0n) is 32.3. The molecule has 3 aromatic carbocycles. The number of carbonyl (C=O) groups excluding carboxylic acids is 2. The van der Waals surface area contributed by atoms with E-state index in [0.717, 1.165) is 76.7 Å². The third kappa shape index (κ3) is 7.37. The Labute approximate surface area is 327 Å². The molecule has 12 heteroatoms. The second-order valence-corrected chi connectivity index (χ2v) is 15.2. The molecule has 2 amide bonds. The van der Waals surface area contributed by atoms with Crippen molar-refractivity contribution in [1.29, 1.82) is 0 Å². The summed E-state index contributed by atoms with van der Waals surface area (Å²) in [6.45, 7) is 1.40. The van der Waals surface area contributed by atoms with Crippen LogP contribution in [0, 0.1) is 0 Å². The molecule has 0 radical (unpaired) electrons. The van der Waals surface area contributed by atoms with Crippen molar-refractivity contribution in [2.45, 2.75) is 49.9 Å². The minimum absolute atomic E-state index is 0.0783. The van der Waals surface area contributed by atoms with Gasteiger partial charge in [0.05, 0.1) is 41.6 Å². The van der Waals surface area contributed by atoms with Crippen LogP contribution in [0.25, 0.3) is 33.9 Å². The lowest BCUT2D eigenvalue weighted by molar-refractivity contribution is -0.138. The molecule has 2 aliphatic heterocycles. The quantitative estimate of drug-likeness (QED) is 0.147. The van der Waals surface area contributed by atoms with Gasteiger partial charge in [0.15, 0.2) is 0 Å². The van der Waals surface area contributed by atoms with Crippen LogP contribution >= 0.6 is 0 Å². The van der Waals surface area contributed by atoms with E-state index in [0.29, 0.717) is 18.8 Å². The monoisotopic (exact) mass is 748 g/mol. The van der Waals surface area contributed by atoms with Crippen molar-refractivity contribution in [3.05, 3.63) is 132 Å². The normalized spacial score (nSPS) is 18.2. The standard InChI is InChI=1S/C44H48N10O2/c1-51(2)39(31-13-7-5-8-14-31)43(55)53-25-11-17-37(53)41-45-27-35(47-41)30-21-19-29(20-22-30)33-23-24-34(50-49-33)36-28-46-42(48-36)38-18-12-26-54(38)44(56)40(52(3)4)32-15-9-6-10-16-32/h5-10,13-16,19-24,27-28,37-40H,11-12,17-18,25-26H2,1-4H3,(H,45,47)(H,46,48)/t37-,38-,39-,40-/m1/s1. The molecular weight excluding hydrogens is 701 g/mol. The number of amides is 2. The lowest BCUT2D eigenvalue weighted by atomic mass is 10.0. The van der Waals surface area contributed by atoms with Crippen LogP contribution in [0.15, 0.2) is 109 Å². The fourth-order valence-corrected chi connectivity index (χ4v) is 8.28. The molecule has 4 atom stereocenters. The number of aromatic amines is 2. The van der Waals surface area contributed by atoms with Crippen molar-refractivity contribution in [2.24, 2.45) is 0 Å². The number of H-pyrrole nitrogens is 2. The number of rotatable bonds is 11. The van der Waals surface area contributed by atoms with Crippen molar-refractivity contribution in [3.63, 3.8) is 0 Å². The maximum Gasteiger partial charge on any atom is 0.245 e. The highest BCUT2D eigenvalue weighted by Gasteiger charge is 2.38. The molecule has 2 N–H and O–H groups in total. The topological polar surface area (TPSA) is 130 Å². The maximum atomic E-state index is 13.9. The summed E-state index contributed by atoms with van der Waals surface area (Å²) in [5.74, 6) is 1.74. The molecular formula is C44H48N10O2. The molecule has 2 fully saturated rings. The molecule has 56 heavy (non-hydrogen) atoms. The Morgan fingerprint density at radius 3 is 1.52 bits per heavy atom. The van der Waals surface area contributed by atoms with Gasteiger partial charge < -0.3 is 19.8 Å². The number of likely N-dealkylation sites (N-methyl/N-ethyl adjacent to an activating group) is 2. The molecule has 5 heterocycles. The molecule has 12 nitrogen and oxygen atoms in total. The van der Waals surface area contributed by atoms with Crippen molar-refractivity contribution < 1.29 is 9.59 Å². The van der Waals surface area contributed by atoms with Crippen LogP contribution in [-0.4, -0.2) is 103 Å². The third-order valence-corrected chi connectivity index (χ3v) is 11.1. The van der Waals surface area contributed by atoms with Crippen LogP contribution in [-0.2, 0) is 9.59 Å². The molecule has 2 aliphatic rings. The van der Waals surface area contributed by atoms with Gasteiger partial charge >= 0.3 is 0 Å². The number of benzene rings is 3. The first kappa shape index (κ1) is 37.0. The third-order valence-electron chi connectivity index (χ3n) is 11.1. The molecule has 3 aromatic heterocycles. The summed E-state index contributed by atoms with van der Waals surface area (Å²) < 4.78 is 0. The van der Waals surface area contributed by atoms with Gasteiger partial charge in [-0.05, 0) is 82.7 Å². The number of hydrogen-bond acceptors (Lipinski definition) is 8. The summed E-state index contributed by atoms with van der Waals surface area (Å²) in [7, 11) is 7.79. The molecule has 0 spiro atoms. The summed E-state index contributed by atoms with van der Waals surface area (Å²) in [4.78, 5) is 52.1. The van der Waals surface area contributed by atoms with Crippen LogP contribution < -0.4 is 0 Å². The summed E-state index contributed by atoms with van der Waals surface area (Å²) in [6, 6.07) is 31.0. The minimum Gasteiger partial charge on any atom is -0.340 e.